The molecule has 310 valence electrons. The monoisotopic (exact) mass is 831 g/mol. The molecule has 2 aliphatic carbocycles. The molecule has 4 heterocycles. The van der Waals surface area contributed by atoms with Crippen LogP contribution in [-0.2, 0) is 40.4 Å². The van der Waals surface area contributed by atoms with Gasteiger partial charge in [0.25, 0.3) is 6.43 Å². The van der Waals surface area contributed by atoms with E-state index in [2.05, 4.69) is 9.71 Å². The number of pyridine rings is 1. The Morgan fingerprint density at radius 3 is 2.58 bits per heavy atom. The minimum Gasteiger partial charge on any atom is -0.483 e. The molecule has 3 fully saturated rings. The fourth-order valence-electron chi connectivity index (χ4n) is 8.70. The van der Waals surface area contributed by atoms with Crippen LogP contribution in [0.15, 0.2) is 30.4 Å². The number of nitrogens with zero attached hydrogens (tertiary/aromatic N) is 2. The summed E-state index contributed by atoms with van der Waals surface area (Å²) in [6, 6.07) is 3.67. The lowest BCUT2D eigenvalue weighted by atomic mass is 9.85. The number of rotatable bonds is 7. The number of nitrogens with one attached hydrogen (secondary N) is 1. The second-order valence-corrected chi connectivity index (χ2v) is 21.1. The van der Waals surface area contributed by atoms with E-state index in [1.807, 2.05) is 32.9 Å². The molecule has 0 radical (unpaired) electrons. The molecule has 11 nitrogen and oxygen atoms in total. The molecular weight excluding hydrogens is 780 g/mol. The van der Waals surface area contributed by atoms with Crippen molar-refractivity contribution in [3.8, 4) is 5.75 Å². The smallest absolute Gasteiger partial charge is 0.306 e. The third-order valence-electron chi connectivity index (χ3n) is 12.6. The van der Waals surface area contributed by atoms with Crippen LogP contribution in [0.4, 0.5) is 8.78 Å². The molecule has 7 rings (SSSR count). The number of aromatic nitrogens is 1. The summed E-state index contributed by atoms with van der Waals surface area (Å²) in [6.07, 6.45) is 5.13. The fourth-order valence-corrected chi connectivity index (χ4v) is 10.2. The number of carbonyl (C=O) groups excluding carboxylic acids is 4. The van der Waals surface area contributed by atoms with Crippen LogP contribution in [-0.4, -0.2) is 71.4 Å². The third kappa shape index (κ3) is 8.45. The van der Waals surface area contributed by atoms with Gasteiger partial charge in [0.15, 0.2) is 11.5 Å². The van der Waals surface area contributed by atoms with Gasteiger partial charge in [0.05, 0.1) is 41.3 Å². The predicted molar refractivity (Wildman–Crippen MR) is 209 cm³/mol. The van der Waals surface area contributed by atoms with Gasteiger partial charge in [0.1, 0.15) is 11.3 Å². The summed E-state index contributed by atoms with van der Waals surface area (Å²) in [5.41, 5.74) is -2.62. The molecule has 5 aliphatic rings. The Hall–Kier alpha value is -3.65. The highest BCUT2D eigenvalue weighted by atomic mass is 35.5. The van der Waals surface area contributed by atoms with Gasteiger partial charge in [0, 0.05) is 34.7 Å². The third-order valence-corrected chi connectivity index (χ3v) is 15.0. The fraction of sp³-hybridized carbons (Fsp3) is 0.643. The van der Waals surface area contributed by atoms with Crippen LogP contribution in [0, 0.1) is 22.7 Å². The minimum atomic E-state index is -4.01. The molecular formula is C42H52ClF2N3O8S. The summed E-state index contributed by atoms with van der Waals surface area (Å²) in [5, 5.41) is 0.971. The molecule has 1 aromatic carbocycles. The van der Waals surface area contributed by atoms with Crippen LogP contribution in [0.25, 0.3) is 10.9 Å². The first-order valence-corrected chi connectivity index (χ1v) is 21.9. The predicted octanol–water partition coefficient (Wildman–Crippen LogP) is 7.57. The second-order valence-electron chi connectivity index (χ2n) is 18.4. The molecule has 0 bridgehead atoms. The number of fused-ring (bicyclic) bond motifs is 5. The second kappa shape index (κ2) is 15.2. The molecule has 15 heteroatoms. The van der Waals surface area contributed by atoms with Crippen molar-refractivity contribution < 1.29 is 45.9 Å². The Labute approximate surface area is 337 Å². The molecule has 2 aromatic rings. The Bertz CT molecular complexity index is 2120. The van der Waals surface area contributed by atoms with Crippen molar-refractivity contribution in [3.63, 3.8) is 0 Å². The van der Waals surface area contributed by atoms with Crippen molar-refractivity contribution in [2.24, 2.45) is 22.7 Å². The number of benzene rings is 1. The van der Waals surface area contributed by atoms with E-state index in [0.29, 0.717) is 53.6 Å². The van der Waals surface area contributed by atoms with Gasteiger partial charge in [-0.15, -0.1) is 0 Å². The Morgan fingerprint density at radius 2 is 1.88 bits per heavy atom. The van der Waals surface area contributed by atoms with E-state index < -0.39 is 79.4 Å². The maximum Gasteiger partial charge on any atom is 0.306 e. The number of ketones is 1. The number of allylic oxidation sites excluding steroid dienone is 2. The zero-order valence-electron chi connectivity index (χ0n) is 33.0. The lowest BCUT2D eigenvalue weighted by Crippen LogP contribution is -2.48. The van der Waals surface area contributed by atoms with Crippen LogP contribution < -0.4 is 9.46 Å². The zero-order valence-corrected chi connectivity index (χ0v) is 34.6. The zero-order chi connectivity index (χ0) is 41.1. The Balaban J connectivity index is 1.25. The molecule has 2 amide bonds. The van der Waals surface area contributed by atoms with Crippen LogP contribution in [0.2, 0.25) is 5.02 Å². The molecule has 1 aromatic heterocycles. The SMILES string of the molecule is CC(C)(C)COC(=O)C[C@H]1CCCCC/C=C\[C@@H]2C[C@@]2(C(=O)NS(=O)(=O)C2(C)CC2)CC(=O)[C@@H]2C[C@]3(CCc4c(c(C(F)F)nc5ccc(Cl)cc45)O3)CN2C1=O. The number of esters is 1. The molecule has 1 N–H and O–H groups in total. The van der Waals surface area contributed by atoms with Gasteiger partial charge in [-0.2, -0.15) is 0 Å². The Morgan fingerprint density at radius 1 is 1.12 bits per heavy atom. The van der Waals surface area contributed by atoms with Gasteiger partial charge in [-0.3, -0.25) is 23.9 Å². The number of alkyl halides is 2. The van der Waals surface area contributed by atoms with Crippen molar-refractivity contribution >= 4 is 56.1 Å². The summed E-state index contributed by atoms with van der Waals surface area (Å²) in [6.45, 7) is 7.40. The van der Waals surface area contributed by atoms with Gasteiger partial charge in [-0.05, 0) is 87.8 Å². The highest BCUT2D eigenvalue weighted by molar-refractivity contribution is 7.91. The summed E-state index contributed by atoms with van der Waals surface area (Å²) < 4.78 is 69.2. The maximum atomic E-state index is 14.8. The van der Waals surface area contributed by atoms with E-state index in [1.165, 1.54) is 4.90 Å². The number of amides is 2. The van der Waals surface area contributed by atoms with Crippen molar-refractivity contribution in [2.45, 2.75) is 134 Å². The Kier molecular flexibility index (Phi) is 11.1. The highest BCUT2D eigenvalue weighted by Crippen LogP contribution is 2.58. The van der Waals surface area contributed by atoms with Crippen LogP contribution in [0.1, 0.15) is 122 Å². The first-order valence-electron chi connectivity index (χ1n) is 20.1. The van der Waals surface area contributed by atoms with Crippen LogP contribution in [0.5, 0.6) is 5.75 Å². The van der Waals surface area contributed by atoms with E-state index in [1.54, 1.807) is 25.1 Å². The van der Waals surface area contributed by atoms with Gasteiger partial charge in [-0.1, -0.05) is 57.4 Å². The molecule has 5 atom stereocenters. The lowest BCUT2D eigenvalue weighted by molar-refractivity contribution is -0.152. The maximum absolute atomic E-state index is 14.8. The largest absolute Gasteiger partial charge is 0.483 e. The number of Topliss-reactive ketones (excluding diaryl/α,β-unsaturated/α-hetero) is 1. The first-order chi connectivity index (χ1) is 26.8. The highest BCUT2D eigenvalue weighted by Gasteiger charge is 2.63. The van der Waals surface area contributed by atoms with E-state index in [9.17, 15) is 36.4 Å². The molecule has 2 saturated carbocycles. The van der Waals surface area contributed by atoms with Crippen LogP contribution in [0.3, 0.4) is 0 Å². The molecule has 57 heavy (non-hydrogen) atoms. The van der Waals surface area contributed by atoms with Crippen molar-refractivity contribution in [3.05, 3.63) is 46.6 Å². The lowest BCUT2D eigenvalue weighted by Gasteiger charge is -2.37. The summed E-state index contributed by atoms with van der Waals surface area (Å²) >= 11 is 6.31. The van der Waals surface area contributed by atoms with Crippen molar-refractivity contribution in [2.75, 3.05) is 13.2 Å². The van der Waals surface area contributed by atoms with Gasteiger partial charge in [0.2, 0.25) is 21.8 Å². The quantitative estimate of drug-likeness (QED) is 0.220. The normalized spacial score (nSPS) is 29.4. The number of ether oxygens (including phenoxy) is 2. The van der Waals surface area contributed by atoms with Crippen LogP contribution >= 0.6 is 11.6 Å². The summed E-state index contributed by atoms with van der Waals surface area (Å²) in [7, 11) is -4.01. The standard InChI is InChI=1S/C42H52ClF2N3O8S/c1-39(2,3)24-55-33(50)18-25-10-8-6-5-7-9-11-26-20-42(26,38(52)47-57(53,54)40(4)16-17-40)22-32(49)31-21-41(23-48(31)37(25)51)15-14-28-29-19-27(43)12-13-30(29)46-34(36(44)45)35(28)56-41/h9,11-13,19,25-26,31,36H,5-8,10,14-18,20-24H2,1-4H3,(H,47,52)/b11-9-/t25-,26-,31+,41-,42-/m1/s1. The van der Waals surface area contributed by atoms with Crippen molar-refractivity contribution in [1.29, 1.82) is 0 Å². The molecule has 3 aliphatic heterocycles. The number of halogens is 3. The van der Waals surface area contributed by atoms with E-state index in [-0.39, 0.29) is 62.8 Å². The summed E-state index contributed by atoms with van der Waals surface area (Å²) in [5.74, 6) is -3.52. The van der Waals surface area contributed by atoms with E-state index >= 15 is 0 Å². The van der Waals surface area contributed by atoms with E-state index in [4.69, 9.17) is 21.1 Å². The van der Waals surface area contributed by atoms with Gasteiger partial charge >= 0.3 is 5.97 Å². The average Bonchev–Trinajstić information content (AvgIpc) is 4.03. The number of hydrogen-bond donors (Lipinski definition) is 1. The van der Waals surface area contributed by atoms with E-state index in [0.717, 1.165) is 12.8 Å². The topological polar surface area (TPSA) is 149 Å². The van der Waals surface area contributed by atoms with Gasteiger partial charge in [-0.25, -0.2) is 22.2 Å². The van der Waals surface area contributed by atoms with Gasteiger partial charge < -0.3 is 14.4 Å². The first kappa shape index (κ1) is 41.5. The molecule has 0 unspecified atom stereocenters. The average molecular weight is 832 g/mol. The van der Waals surface area contributed by atoms with Crippen molar-refractivity contribution in [1.82, 2.24) is 14.6 Å². The number of carbonyl (C=O) groups is 4. The molecule has 1 saturated heterocycles. The summed E-state index contributed by atoms with van der Waals surface area (Å²) in [4.78, 5) is 62.5. The number of aryl methyl sites for hydroxylation is 1. The molecule has 1 spiro atoms. The minimum absolute atomic E-state index is 0.0525. The number of sulfonamides is 1. The number of hydrogen-bond acceptors (Lipinski definition) is 9.